The van der Waals surface area contributed by atoms with E-state index in [-0.39, 0.29) is 24.8 Å². The van der Waals surface area contributed by atoms with Gasteiger partial charge in [0.2, 0.25) is 11.8 Å². The van der Waals surface area contributed by atoms with E-state index in [2.05, 4.69) is 5.32 Å². The molecule has 2 rings (SSSR count). The van der Waals surface area contributed by atoms with Crippen molar-refractivity contribution in [1.29, 1.82) is 0 Å². The summed E-state index contributed by atoms with van der Waals surface area (Å²) in [5, 5.41) is 3.74. The van der Waals surface area contributed by atoms with E-state index in [9.17, 15) is 9.59 Å². The molecule has 0 spiro atoms. The topological polar surface area (TPSA) is 67.9 Å². The van der Waals surface area contributed by atoms with E-state index in [1.807, 2.05) is 38.1 Å². The highest BCUT2D eigenvalue weighted by Gasteiger charge is 2.29. The Hall–Kier alpha value is -2.44. The summed E-state index contributed by atoms with van der Waals surface area (Å²) < 4.78 is 10.8. The number of ether oxygens (including phenoxy) is 2. The molecule has 0 radical (unpaired) electrons. The fourth-order valence-electron chi connectivity index (χ4n) is 3.29. The van der Waals surface area contributed by atoms with Crippen LogP contribution in [-0.2, 0) is 16.1 Å². The first-order chi connectivity index (χ1) is 15.4. The van der Waals surface area contributed by atoms with Crippen LogP contribution >= 0.6 is 23.2 Å². The van der Waals surface area contributed by atoms with Crippen molar-refractivity contribution in [3.63, 3.8) is 0 Å². The van der Waals surface area contributed by atoms with Gasteiger partial charge in [-0.15, -0.1) is 0 Å². The number of likely N-dealkylation sites (N-methyl/N-ethyl adjacent to an activating group) is 1. The number of nitrogens with one attached hydrogen (secondary N) is 1. The Balaban J connectivity index is 2.07. The molecule has 2 aromatic carbocycles. The molecule has 0 saturated carbocycles. The number of benzene rings is 2. The summed E-state index contributed by atoms with van der Waals surface area (Å²) in [6, 6.07) is 11.8. The van der Waals surface area contributed by atoms with Gasteiger partial charge < -0.3 is 19.7 Å². The third-order valence-electron chi connectivity index (χ3n) is 4.99. The second-order valence-corrected chi connectivity index (χ2v) is 7.98. The number of nitrogens with zero attached hydrogens (tertiary/aromatic N) is 1. The molecule has 8 heteroatoms. The number of amides is 2. The van der Waals surface area contributed by atoms with Crippen molar-refractivity contribution in [3.05, 3.63) is 58.1 Å². The molecule has 6 nitrogen and oxygen atoms in total. The van der Waals surface area contributed by atoms with Gasteiger partial charge in [0.1, 0.15) is 17.5 Å². The maximum absolute atomic E-state index is 13.2. The molecule has 0 aliphatic heterocycles. The van der Waals surface area contributed by atoms with Gasteiger partial charge in [-0.05, 0) is 56.2 Å². The first kappa shape index (κ1) is 25.8. The smallest absolute Gasteiger partial charge is 0.242 e. The summed E-state index contributed by atoms with van der Waals surface area (Å²) in [7, 11) is 1.60. The number of hydrogen-bond donors (Lipinski definition) is 1. The maximum Gasteiger partial charge on any atom is 0.242 e. The Labute approximate surface area is 199 Å². The average molecular weight is 481 g/mol. The molecule has 0 heterocycles. The quantitative estimate of drug-likeness (QED) is 0.428. The van der Waals surface area contributed by atoms with Crippen LogP contribution < -0.4 is 14.8 Å². The predicted molar refractivity (Wildman–Crippen MR) is 127 cm³/mol. The highest BCUT2D eigenvalue weighted by Crippen LogP contribution is 2.27. The van der Waals surface area contributed by atoms with E-state index in [1.165, 1.54) is 0 Å². The SMILES string of the molecule is CCNC(=O)[C@H](CC)N(Cc1c(Cl)cccc1Cl)C(=O)CCCOc1ccc(OC)cc1. The largest absolute Gasteiger partial charge is 0.497 e. The van der Waals surface area contributed by atoms with Crippen molar-refractivity contribution < 1.29 is 19.1 Å². The normalized spacial score (nSPS) is 11.5. The Bertz CT molecular complexity index is 870. The van der Waals surface area contributed by atoms with Gasteiger partial charge >= 0.3 is 0 Å². The van der Waals surface area contributed by atoms with Crippen LogP contribution in [0.1, 0.15) is 38.7 Å². The second-order valence-electron chi connectivity index (χ2n) is 7.17. The van der Waals surface area contributed by atoms with Crippen LogP contribution in [0.5, 0.6) is 11.5 Å². The summed E-state index contributed by atoms with van der Waals surface area (Å²) in [6.07, 6.45) is 1.21. The van der Waals surface area contributed by atoms with Gasteiger partial charge in [0.15, 0.2) is 0 Å². The molecule has 2 amide bonds. The van der Waals surface area contributed by atoms with Gasteiger partial charge in [0, 0.05) is 35.1 Å². The molecule has 0 aliphatic rings. The summed E-state index contributed by atoms with van der Waals surface area (Å²) in [5.41, 5.74) is 0.626. The van der Waals surface area contributed by atoms with Crippen molar-refractivity contribution in [1.82, 2.24) is 10.2 Å². The van der Waals surface area contributed by atoms with Crippen LogP contribution in [0.2, 0.25) is 10.0 Å². The lowest BCUT2D eigenvalue weighted by molar-refractivity contribution is -0.141. The van der Waals surface area contributed by atoms with Crippen LogP contribution in [0.4, 0.5) is 0 Å². The predicted octanol–water partition coefficient (Wildman–Crippen LogP) is 5.10. The molecule has 2 aromatic rings. The molecule has 1 atom stereocenters. The van der Waals surface area contributed by atoms with E-state index < -0.39 is 6.04 Å². The molecule has 0 bridgehead atoms. The van der Waals surface area contributed by atoms with Gasteiger partial charge in [-0.25, -0.2) is 0 Å². The molecule has 0 aliphatic carbocycles. The molecule has 0 fully saturated rings. The van der Waals surface area contributed by atoms with Crippen LogP contribution in [0.15, 0.2) is 42.5 Å². The minimum Gasteiger partial charge on any atom is -0.497 e. The first-order valence-corrected chi connectivity index (χ1v) is 11.4. The number of hydrogen-bond acceptors (Lipinski definition) is 4. The van der Waals surface area contributed by atoms with Crippen molar-refractivity contribution in [2.24, 2.45) is 0 Å². The lowest BCUT2D eigenvalue weighted by Gasteiger charge is -2.31. The Kier molecular flexibility index (Phi) is 10.6. The van der Waals surface area contributed by atoms with Crippen molar-refractivity contribution in [3.8, 4) is 11.5 Å². The summed E-state index contributed by atoms with van der Waals surface area (Å²) in [4.78, 5) is 27.4. The van der Waals surface area contributed by atoms with E-state index in [0.29, 0.717) is 47.4 Å². The van der Waals surface area contributed by atoms with Crippen LogP contribution in [0, 0.1) is 0 Å². The molecule has 0 aromatic heterocycles. The highest BCUT2D eigenvalue weighted by atomic mass is 35.5. The van der Waals surface area contributed by atoms with Crippen LogP contribution in [0.3, 0.4) is 0 Å². The lowest BCUT2D eigenvalue weighted by Crippen LogP contribution is -2.49. The molecule has 174 valence electrons. The number of methoxy groups -OCH3 is 1. The number of halogens is 2. The zero-order valence-electron chi connectivity index (χ0n) is 18.7. The van der Waals surface area contributed by atoms with Crippen molar-refractivity contribution in [2.75, 3.05) is 20.3 Å². The fraction of sp³-hybridized carbons (Fsp3) is 0.417. The van der Waals surface area contributed by atoms with Gasteiger partial charge in [0.25, 0.3) is 0 Å². The standard InChI is InChI=1S/C24H30Cl2N2O4/c1-4-22(24(30)27-5-2)28(16-19-20(25)8-6-9-21(19)26)23(29)10-7-15-32-18-13-11-17(31-3)12-14-18/h6,8-9,11-14,22H,4-5,7,10,15-16H2,1-3H3,(H,27,30)/t22-/m0/s1. The zero-order chi connectivity index (χ0) is 23.5. The Morgan fingerprint density at radius 2 is 1.66 bits per heavy atom. The van der Waals surface area contributed by atoms with E-state index in [1.54, 1.807) is 30.2 Å². The molecule has 0 saturated heterocycles. The second kappa shape index (κ2) is 13.2. The van der Waals surface area contributed by atoms with E-state index in [0.717, 1.165) is 5.75 Å². The minimum atomic E-state index is -0.614. The van der Waals surface area contributed by atoms with Crippen LogP contribution in [0.25, 0.3) is 0 Å². The molecular formula is C24H30Cl2N2O4. The van der Waals surface area contributed by atoms with Crippen LogP contribution in [-0.4, -0.2) is 43.0 Å². The highest BCUT2D eigenvalue weighted by molar-refractivity contribution is 6.36. The number of rotatable bonds is 12. The Morgan fingerprint density at radius 1 is 1.03 bits per heavy atom. The van der Waals surface area contributed by atoms with Gasteiger partial charge in [-0.2, -0.15) is 0 Å². The van der Waals surface area contributed by atoms with Gasteiger partial charge in [-0.3, -0.25) is 9.59 Å². The van der Waals surface area contributed by atoms with Crippen molar-refractivity contribution >= 4 is 35.0 Å². The Morgan fingerprint density at radius 3 is 2.22 bits per heavy atom. The first-order valence-electron chi connectivity index (χ1n) is 10.7. The summed E-state index contributed by atoms with van der Waals surface area (Å²) in [5.74, 6) is 1.10. The molecule has 1 N–H and O–H groups in total. The van der Waals surface area contributed by atoms with Gasteiger partial charge in [-0.1, -0.05) is 36.2 Å². The van der Waals surface area contributed by atoms with E-state index in [4.69, 9.17) is 32.7 Å². The summed E-state index contributed by atoms with van der Waals surface area (Å²) in [6.45, 7) is 4.74. The van der Waals surface area contributed by atoms with Crippen molar-refractivity contribution in [2.45, 2.75) is 45.7 Å². The minimum absolute atomic E-state index is 0.155. The number of carbonyl (C=O) groups excluding carboxylic acids is 2. The molecule has 32 heavy (non-hydrogen) atoms. The summed E-state index contributed by atoms with van der Waals surface area (Å²) >= 11 is 12.7. The van der Waals surface area contributed by atoms with Gasteiger partial charge in [0.05, 0.1) is 13.7 Å². The monoisotopic (exact) mass is 480 g/mol. The fourth-order valence-corrected chi connectivity index (χ4v) is 3.81. The number of carbonyl (C=O) groups is 2. The molecule has 0 unspecified atom stereocenters. The lowest BCUT2D eigenvalue weighted by atomic mass is 10.1. The van der Waals surface area contributed by atoms with E-state index >= 15 is 0 Å². The zero-order valence-corrected chi connectivity index (χ0v) is 20.2. The molecular weight excluding hydrogens is 451 g/mol. The third-order valence-corrected chi connectivity index (χ3v) is 5.70. The average Bonchev–Trinajstić information content (AvgIpc) is 2.79. The maximum atomic E-state index is 13.2. The third kappa shape index (κ3) is 7.31.